The quantitative estimate of drug-likeness (QED) is 0.601. The smallest absolute Gasteiger partial charge is 0.192 e. The Labute approximate surface area is 83.0 Å². The second-order valence-electron chi connectivity index (χ2n) is 3.12. The van der Waals surface area contributed by atoms with Crippen LogP contribution in [0.25, 0.3) is 0 Å². The van der Waals surface area contributed by atoms with Crippen molar-refractivity contribution in [3.63, 3.8) is 0 Å². The van der Waals surface area contributed by atoms with Gasteiger partial charge < -0.3 is 0 Å². The fourth-order valence-electron chi connectivity index (χ4n) is 0.960. The molecule has 0 fully saturated rings. The Bertz CT molecular complexity index is 369. The number of benzene rings is 1. The molecule has 0 bridgehead atoms. The summed E-state index contributed by atoms with van der Waals surface area (Å²) in [5, 5.41) is 0. The van der Waals surface area contributed by atoms with E-state index in [-0.39, 0.29) is 6.42 Å². The minimum atomic E-state index is -2.87. The average molecular weight is 194 g/mol. The Morgan fingerprint density at radius 2 is 1.93 bits per heavy atom. The van der Waals surface area contributed by atoms with Crippen molar-refractivity contribution in [2.45, 2.75) is 26.2 Å². The van der Waals surface area contributed by atoms with Gasteiger partial charge in [0.05, 0.1) is 0 Å². The first kappa shape index (κ1) is 10.7. The van der Waals surface area contributed by atoms with Crippen molar-refractivity contribution in [1.29, 1.82) is 0 Å². The Balaban J connectivity index is 2.94. The maximum absolute atomic E-state index is 12.8. The van der Waals surface area contributed by atoms with Crippen LogP contribution in [0.4, 0.5) is 8.78 Å². The summed E-state index contributed by atoms with van der Waals surface area (Å²) < 4.78 is 25.6. The van der Waals surface area contributed by atoms with Crippen molar-refractivity contribution in [2.24, 2.45) is 0 Å². The molecule has 0 aromatic heterocycles. The van der Waals surface area contributed by atoms with Crippen LogP contribution in [0.1, 0.15) is 24.5 Å². The summed E-state index contributed by atoms with van der Waals surface area (Å²) in [6.45, 7) is 3.28. The highest BCUT2D eigenvalue weighted by Gasteiger charge is 2.21. The van der Waals surface area contributed by atoms with Gasteiger partial charge >= 0.3 is 5.92 Å². The summed E-state index contributed by atoms with van der Waals surface area (Å²) in [5.41, 5.74) is 1.59. The standard InChI is InChI=1S/C12H12F2/c1-3-12(13,14)9-8-11-7-5-4-6-10(11)2/h4-7H,3H2,1-2H3. The third-order valence-corrected chi connectivity index (χ3v) is 1.97. The summed E-state index contributed by atoms with van der Waals surface area (Å²) in [4.78, 5) is 0. The molecule has 0 spiro atoms. The van der Waals surface area contributed by atoms with Crippen LogP contribution in [0.15, 0.2) is 24.3 Å². The largest absolute Gasteiger partial charge is 0.308 e. The van der Waals surface area contributed by atoms with Crippen LogP contribution >= 0.6 is 0 Å². The van der Waals surface area contributed by atoms with Gasteiger partial charge in [0.2, 0.25) is 0 Å². The van der Waals surface area contributed by atoms with Crippen molar-refractivity contribution >= 4 is 0 Å². The Hall–Kier alpha value is -1.36. The van der Waals surface area contributed by atoms with Crippen LogP contribution in [0.2, 0.25) is 0 Å². The van der Waals surface area contributed by atoms with E-state index in [0.29, 0.717) is 5.56 Å². The molecule has 1 rings (SSSR count). The fourth-order valence-corrected chi connectivity index (χ4v) is 0.960. The van der Waals surface area contributed by atoms with Gasteiger partial charge in [0.25, 0.3) is 0 Å². The van der Waals surface area contributed by atoms with Gasteiger partial charge in [-0.25, -0.2) is 0 Å². The lowest BCUT2D eigenvalue weighted by molar-refractivity contribution is 0.0623. The zero-order valence-corrected chi connectivity index (χ0v) is 8.27. The number of hydrogen-bond donors (Lipinski definition) is 0. The van der Waals surface area contributed by atoms with Crippen molar-refractivity contribution in [1.82, 2.24) is 0 Å². The molecule has 0 heterocycles. The van der Waals surface area contributed by atoms with Crippen LogP contribution in [0, 0.1) is 18.8 Å². The SMILES string of the molecule is CCC(F)(F)C#Cc1ccccc1C. The Kier molecular flexibility index (Phi) is 3.24. The minimum Gasteiger partial charge on any atom is -0.192 e. The van der Waals surface area contributed by atoms with Crippen LogP contribution in [-0.4, -0.2) is 5.92 Å². The van der Waals surface area contributed by atoms with Crippen molar-refractivity contribution in [3.05, 3.63) is 35.4 Å². The van der Waals surface area contributed by atoms with Crippen LogP contribution in [-0.2, 0) is 0 Å². The van der Waals surface area contributed by atoms with Gasteiger partial charge in [0, 0.05) is 12.0 Å². The van der Waals surface area contributed by atoms with Gasteiger partial charge in [0.15, 0.2) is 0 Å². The molecule has 0 radical (unpaired) electrons. The van der Waals surface area contributed by atoms with E-state index in [1.165, 1.54) is 6.92 Å². The summed E-state index contributed by atoms with van der Waals surface area (Å²) in [6.07, 6.45) is -0.244. The number of aryl methyl sites for hydroxylation is 1. The van der Waals surface area contributed by atoms with E-state index in [1.54, 1.807) is 12.1 Å². The van der Waals surface area contributed by atoms with Gasteiger partial charge in [-0.2, -0.15) is 8.78 Å². The van der Waals surface area contributed by atoms with E-state index in [2.05, 4.69) is 5.92 Å². The second-order valence-corrected chi connectivity index (χ2v) is 3.12. The lowest BCUT2D eigenvalue weighted by Crippen LogP contribution is -2.09. The molecule has 0 atom stereocenters. The van der Waals surface area contributed by atoms with E-state index in [0.717, 1.165) is 5.56 Å². The molecule has 2 heteroatoms. The van der Waals surface area contributed by atoms with Crippen LogP contribution in [0.3, 0.4) is 0 Å². The van der Waals surface area contributed by atoms with E-state index < -0.39 is 5.92 Å². The first-order chi connectivity index (χ1) is 6.55. The maximum atomic E-state index is 12.8. The average Bonchev–Trinajstić information content (AvgIpc) is 2.17. The number of hydrogen-bond acceptors (Lipinski definition) is 0. The van der Waals surface area contributed by atoms with Crippen LogP contribution < -0.4 is 0 Å². The Morgan fingerprint density at radius 3 is 2.50 bits per heavy atom. The molecule has 0 amide bonds. The van der Waals surface area contributed by atoms with Crippen molar-refractivity contribution < 1.29 is 8.78 Å². The molecular formula is C12H12F2. The number of rotatable bonds is 1. The van der Waals surface area contributed by atoms with E-state index in [1.807, 2.05) is 25.0 Å². The molecule has 1 aromatic carbocycles. The highest BCUT2D eigenvalue weighted by Crippen LogP contribution is 2.16. The molecule has 0 aliphatic rings. The zero-order chi connectivity index (χ0) is 10.6. The van der Waals surface area contributed by atoms with Crippen molar-refractivity contribution in [3.8, 4) is 11.8 Å². The van der Waals surface area contributed by atoms with Gasteiger partial charge in [-0.3, -0.25) is 0 Å². The predicted octanol–water partition coefficient (Wildman–Crippen LogP) is 3.39. The first-order valence-electron chi connectivity index (χ1n) is 4.52. The van der Waals surface area contributed by atoms with E-state index in [4.69, 9.17) is 0 Å². The first-order valence-corrected chi connectivity index (χ1v) is 4.52. The molecule has 0 saturated heterocycles. The third kappa shape index (κ3) is 2.85. The molecule has 0 unspecified atom stereocenters. The molecule has 0 saturated carbocycles. The summed E-state index contributed by atoms with van der Waals surface area (Å²) in [7, 11) is 0. The van der Waals surface area contributed by atoms with Gasteiger partial charge in [-0.15, -0.1) is 0 Å². The van der Waals surface area contributed by atoms with E-state index >= 15 is 0 Å². The van der Waals surface area contributed by atoms with Gasteiger partial charge in [0.1, 0.15) is 0 Å². The fraction of sp³-hybridized carbons (Fsp3) is 0.333. The van der Waals surface area contributed by atoms with Gasteiger partial charge in [-0.1, -0.05) is 31.0 Å². The highest BCUT2D eigenvalue weighted by atomic mass is 19.3. The molecule has 14 heavy (non-hydrogen) atoms. The molecule has 0 nitrogen and oxygen atoms in total. The molecule has 74 valence electrons. The molecular weight excluding hydrogens is 182 g/mol. The minimum absolute atomic E-state index is 0.244. The molecule has 0 aliphatic carbocycles. The van der Waals surface area contributed by atoms with E-state index in [9.17, 15) is 8.78 Å². The number of halogens is 2. The molecule has 1 aromatic rings. The summed E-state index contributed by atoms with van der Waals surface area (Å²) in [5.74, 6) is 1.61. The van der Waals surface area contributed by atoms with Crippen molar-refractivity contribution in [2.75, 3.05) is 0 Å². The van der Waals surface area contributed by atoms with Crippen LogP contribution in [0.5, 0.6) is 0 Å². The second kappa shape index (κ2) is 4.23. The normalized spacial score (nSPS) is 10.6. The topological polar surface area (TPSA) is 0 Å². The summed E-state index contributed by atoms with van der Waals surface area (Å²) in [6, 6.07) is 7.25. The molecule has 0 N–H and O–H groups in total. The monoisotopic (exact) mass is 194 g/mol. The van der Waals surface area contributed by atoms with Gasteiger partial charge in [-0.05, 0) is 24.5 Å². The maximum Gasteiger partial charge on any atom is 0.308 e. The third-order valence-electron chi connectivity index (χ3n) is 1.97. The highest BCUT2D eigenvalue weighted by molar-refractivity contribution is 5.41. The predicted molar refractivity (Wildman–Crippen MR) is 53.3 cm³/mol. The Morgan fingerprint density at radius 1 is 1.29 bits per heavy atom. The summed E-state index contributed by atoms with van der Waals surface area (Å²) >= 11 is 0. The zero-order valence-electron chi connectivity index (χ0n) is 8.27. The number of alkyl halides is 2. The lowest BCUT2D eigenvalue weighted by Gasteiger charge is -2.03. The molecule has 0 aliphatic heterocycles. The lowest BCUT2D eigenvalue weighted by atomic mass is 10.1.